The Morgan fingerprint density at radius 1 is 1.02 bits per heavy atom. The number of allylic oxidation sites excluding steroid dienone is 1. The number of aliphatic imine (C=N–C) groups is 1. The zero-order chi connectivity index (χ0) is 32.4. The lowest BCUT2D eigenvalue weighted by Gasteiger charge is -2.37. The van der Waals surface area contributed by atoms with Crippen LogP contribution in [0.2, 0.25) is 10.0 Å². The SMILES string of the molecule is CC(C)C1=C(C(=O)N2C(C)CC[C@H]2C(=O)N2C[C@@H](F)[C@H](N(C)C)C2)SC2=N[C@@](C)(c3ccc(Cl)cc3)[C@@H](c3ccc(Cl)cc3)N21. The number of alkyl halides is 1. The molecule has 2 aromatic rings. The minimum Gasteiger partial charge on any atom is -0.336 e. The predicted octanol–water partition coefficient (Wildman–Crippen LogP) is 6.73. The summed E-state index contributed by atoms with van der Waals surface area (Å²) in [6, 6.07) is 14.3. The molecule has 4 heterocycles. The number of fused-ring (bicyclic) bond motifs is 1. The molecule has 2 amide bonds. The summed E-state index contributed by atoms with van der Waals surface area (Å²) < 4.78 is 14.8. The van der Waals surface area contributed by atoms with Crippen LogP contribution in [0, 0.1) is 5.92 Å². The van der Waals surface area contributed by atoms with E-state index in [-0.39, 0.29) is 42.4 Å². The maximum atomic E-state index is 14.8. The summed E-state index contributed by atoms with van der Waals surface area (Å²) in [5.41, 5.74) is 2.26. The van der Waals surface area contributed by atoms with Crippen molar-refractivity contribution >= 4 is 51.9 Å². The van der Waals surface area contributed by atoms with E-state index in [1.807, 2.05) is 74.4 Å². The summed E-state index contributed by atoms with van der Waals surface area (Å²) in [4.78, 5) is 41.8. The number of halogens is 3. The van der Waals surface area contributed by atoms with Crippen molar-refractivity contribution in [2.24, 2.45) is 10.9 Å². The number of amidine groups is 1. The van der Waals surface area contributed by atoms with Gasteiger partial charge in [0.05, 0.1) is 18.6 Å². The van der Waals surface area contributed by atoms with Gasteiger partial charge >= 0.3 is 0 Å². The van der Waals surface area contributed by atoms with Crippen LogP contribution < -0.4 is 0 Å². The summed E-state index contributed by atoms with van der Waals surface area (Å²) in [7, 11) is 3.67. The van der Waals surface area contributed by atoms with Crippen molar-refractivity contribution in [1.29, 1.82) is 0 Å². The van der Waals surface area contributed by atoms with Crippen LogP contribution in [-0.2, 0) is 15.1 Å². The highest BCUT2D eigenvalue weighted by molar-refractivity contribution is 8.18. The first kappa shape index (κ1) is 32.4. The number of hydrogen-bond acceptors (Lipinski definition) is 6. The highest BCUT2D eigenvalue weighted by Gasteiger charge is 2.54. The highest BCUT2D eigenvalue weighted by atomic mass is 35.5. The first-order chi connectivity index (χ1) is 21.3. The first-order valence-corrected chi connectivity index (χ1v) is 17.1. The van der Waals surface area contributed by atoms with E-state index in [4.69, 9.17) is 28.2 Å². The molecule has 4 aliphatic heterocycles. The van der Waals surface area contributed by atoms with Crippen LogP contribution in [0.3, 0.4) is 0 Å². The average molecular weight is 673 g/mol. The number of rotatable bonds is 6. The fraction of sp³-hybridized carbons (Fsp3) is 0.500. The van der Waals surface area contributed by atoms with Gasteiger partial charge in [-0.2, -0.15) is 0 Å². The van der Waals surface area contributed by atoms with Gasteiger partial charge in [0, 0.05) is 28.3 Å². The topological polar surface area (TPSA) is 59.5 Å². The lowest BCUT2D eigenvalue weighted by molar-refractivity contribution is -0.142. The van der Waals surface area contributed by atoms with Crippen LogP contribution >= 0.6 is 35.0 Å². The van der Waals surface area contributed by atoms with Crippen molar-refractivity contribution in [2.75, 3.05) is 27.2 Å². The van der Waals surface area contributed by atoms with Crippen molar-refractivity contribution in [1.82, 2.24) is 19.6 Å². The van der Waals surface area contributed by atoms with Gasteiger partial charge in [-0.1, -0.05) is 61.3 Å². The van der Waals surface area contributed by atoms with Gasteiger partial charge in [0.2, 0.25) is 5.91 Å². The number of likely N-dealkylation sites (N-methyl/N-ethyl adjacent to an activating group) is 1. The van der Waals surface area contributed by atoms with Crippen LogP contribution in [0.25, 0.3) is 0 Å². The number of thioether (sulfide) groups is 1. The zero-order valence-corrected chi connectivity index (χ0v) is 28.8. The molecular weight excluding hydrogens is 632 g/mol. The number of hydrogen-bond donors (Lipinski definition) is 0. The molecule has 0 radical (unpaired) electrons. The van der Waals surface area contributed by atoms with Crippen molar-refractivity contribution in [3.8, 4) is 0 Å². The smallest absolute Gasteiger partial charge is 0.263 e. The normalized spacial score (nSPS) is 29.8. The maximum Gasteiger partial charge on any atom is 0.263 e. The van der Waals surface area contributed by atoms with Crippen molar-refractivity contribution in [2.45, 2.75) is 76.4 Å². The molecule has 6 atom stereocenters. The Morgan fingerprint density at radius 2 is 1.64 bits per heavy atom. The summed E-state index contributed by atoms with van der Waals surface area (Å²) in [6.45, 7) is 8.67. The Morgan fingerprint density at radius 3 is 2.22 bits per heavy atom. The second-order valence-corrected chi connectivity index (χ2v) is 15.1. The summed E-state index contributed by atoms with van der Waals surface area (Å²) >= 11 is 14.0. The molecule has 0 N–H and O–H groups in total. The van der Waals surface area contributed by atoms with Crippen LogP contribution in [0.15, 0.2) is 64.1 Å². The van der Waals surface area contributed by atoms with Crippen LogP contribution in [0.5, 0.6) is 0 Å². The van der Waals surface area contributed by atoms with Gasteiger partial charge in [-0.05, 0) is 93.9 Å². The Bertz CT molecular complexity index is 1550. The molecule has 4 aliphatic rings. The Hall–Kier alpha value is -2.59. The Kier molecular flexibility index (Phi) is 8.78. The number of carbonyl (C=O) groups is 2. The second kappa shape index (κ2) is 12.2. The molecule has 7 nitrogen and oxygen atoms in total. The van der Waals surface area contributed by atoms with E-state index in [0.29, 0.717) is 34.3 Å². The molecule has 0 aromatic heterocycles. The zero-order valence-electron chi connectivity index (χ0n) is 26.5. The molecule has 2 fully saturated rings. The third-order valence-corrected chi connectivity index (χ3v) is 11.3. The molecular formula is C34H40Cl2FN5O2S. The molecule has 2 aromatic carbocycles. The first-order valence-electron chi connectivity index (χ1n) is 15.6. The molecule has 11 heteroatoms. The minimum atomic E-state index is -1.11. The number of nitrogens with zero attached hydrogens (tertiary/aromatic N) is 5. The molecule has 45 heavy (non-hydrogen) atoms. The van der Waals surface area contributed by atoms with Gasteiger partial charge in [0.15, 0.2) is 5.17 Å². The van der Waals surface area contributed by atoms with Gasteiger partial charge in [0.25, 0.3) is 5.91 Å². The lowest BCUT2D eigenvalue weighted by Crippen LogP contribution is -2.50. The second-order valence-electron chi connectivity index (χ2n) is 13.3. The fourth-order valence-electron chi connectivity index (χ4n) is 7.37. The molecule has 1 unspecified atom stereocenters. The minimum absolute atomic E-state index is 0.00898. The molecule has 2 saturated heterocycles. The number of likely N-dealkylation sites (tertiary alicyclic amines) is 2. The molecule has 0 bridgehead atoms. The quantitative estimate of drug-likeness (QED) is 0.341. The van der Waals surface area contributed by atoms with E-state index in [0.717, 1.165) is 22.0 Å². The standard InChI is InChI=1S/C34H40Cl2FN5O2S/c1-19(2)28-29(32(44)41-20(3)7-16-26(41)31(43)40-17-25(37)27(18-40)39(5)6)45-33-38-34(4,22-10-14-24(36)15-11-22)30(42(28)33)21-8-12-23(35)13-9-21/h8-15,19-20,25-27,30H,7,16-18H2,1-6H3/t20?,25-,26+,27-,30-,34+/m1/s1. The summed E-state index contributed by atoms with van der Waals surface area (Å²) in [6.07, 6.45) is 0.166. The van der Waals surface area contributed by atoms with Crippen LogP contribution in [0.4, 0.5) is 4.39 Å². The number of carbonyl (C=O) groups excluding carboxylic acids is 2. The van der Waals surface area contributed by atoms with E-state index in [9.17, 15) is 14.0 Å². The molecule has 0 spiro atoms. The average Bonchev–Trinajstić information content (AvgIpc) is 3.74. The van der Waals surface area contributed by atoms with Gasteiger partial charge in [-0.15, -0.1) is 0 Å². The monoisotopic (exact) mass is 671 g/mol. The fourth-order valence-corrected chi connectivity index (χ4v) is 8.98. The van der Waals surface area contributed by atoms with Gasteiger partial charge in [-0.3, -0.25) is 9.59 Å². The Balaban J connectivity index is 1.37. The van der Waals surface area contributed by atoms with E-state index in [2.05, 4.69) is 25.7 Å². The van der Waals surface area contributed by atoms with Gasteiger partial charge in [0.1, 0.15) is 22.7 Å². The third-order valence-electron chi connectivity index (χ3n) is 9.75. The van der Waals surface area contributed by atoms with Crippen LogP contribution in [0.1, 0.15) is 57.7 Å². The van der Waals surface area contributed by atoms with Crippen LogP contribution in [-0.4, -0.2) is 88.1 Å². The molecule has 0 aliphatic carbocycles. The number of amides is 2. The van der Waals surface area contributed by atoms with E-state index in [1.165, 1.54) is 11.8 Å². The van der Waals surface area contributed by atoms with E-state index in [1.54, 1.807) is 9.80 Å². The third kappa shape index (κ3) is 5.57. The molecule has 240 valence electrons. The van der Waals surface area contributed by atoms with Crippen molar-refractivity contribution < 1.29 is 14.0 Å². The van der Waals surface area contributed by atoms with Crippen molar-refractivity contribution in [3.05, 3.63) is 80.3 Å². The highest BCUT2D eigenvalue weighted by Crippen LogP contribution is 2.56. The van der Waals surface area contributed by atoms with Crippen molar-refractivity contribution in [3.63, 3.8) is 0 Å². The predicted molar refractivity (Wildman–Crippen MR) is 180 cm³/mol. The maximum absolute atomic E-state index is 14.8. The molecule has 0 saturated carbocycles. The largest absolute Gasteiger partial charge is 0.336 e. The lowest BCUT2D eigenvalue weighted by atomic mass is 9.81. The summed E-state index contributed by atoms with van der Waals surface area (Å²) in [5, 5.41) is 2.05. The van der Waals surface area contributed by atoms with Gasteiger partial charge in [-0.25, -0.2) is 9.38 Å². The Labute approximate surface area is 279 Å². The summed E-state index contributed by atoms with van der Waals surface area (Å²) in [5.74, 6) is -0.334. The molecule has 6 rings (SSSR count). The van der Waals surface area contributed by atoms with Gasteiger partial charge < -0.3 is 19.6 Å². The number of benzene rings is 2. The van der Waals surface area contributed by atoms with E-state index < -0.39 is 17.8 Å². The van der Waals surface area contributed by atoms with E-state index >= 15 is 0 Å².